The average molecular weight is 309 g/mol. The zero-order chi connectivity index (χ0) is 15.5. The van der Waals surface area contributed by atoms with Gasteiger partial charge in [0.2, 0.25) is 10.0 Å². The first-order valence-corrected chi connectivity index (χ1v) is 9.53. The number of sulfonamides is 1. The molecule has 1 fully saturated rings. The highest BCUT2D eigenvalue weighted by atomic mass is 32.2. The third-order valence-electron chi connectivity index (χ3n) is 4.60. The largest absolute Gasteiger partial charge is 0.240 e. The van der Waals surface area contributed by atoms with Gasteiger partial charge in [0.15, 0.2) is 0 Å². The first kappa shape index (κ1) is 16.5. The lowest BCUT2D eigenvalue weighted by Gasteiger charge is -2.28. The molecule has 0 aromatic heterocycles. The van der Waals surface area contributed by atoms with Crippen LogP contribution in [0.25, 0.3) is 0 Å². The quantitative estimate of drug-likeness (QED) is 0.891. The fraction of sp³-hybridized carbons (Fsp3) is 0.647. The van der Waals surface area contributed by atoms with Crippen LogP contribution in [-0.4, -0.2) is 14.5 Å². The second-order valence-corrected chi connectivity index (χ2v) is 8.18. The molecule has 0 spiro atoms. The van der Waals surface area contributed by atoms with Crippen molar-refractivity contribution in [1.29, 1.82) is 0 Å². The second kappa shape index (κ2) is 6.93. The highest BCUT2D eigenvalue weighted by molar-refractivity contribution is 7.89. The molecule has 3 nitrogen and oxygen atoms in total. The van der Waals surface area contributed by atoms with E-state index in [1.807, 2.05) is 12.1 Å². The molecule has 1 N–H and O–H groups in total. The number of hydrogen-bond donors (Lipinski definition) is 1. The van der Waals surface area contributed by atoms with Gasteiger partial charge in [0, 0.05) is 6.04 Å². The summed E-state index contributed by atoms with van der Waals surface area (Å²) in [4.78, 5) is 0.379. The molecule has 0 aliphatic heterocycles. The second-order valence-electron chi connectivity index (χ2n) is 6.47. The lowest BCUT2D eigenvalue weighted by molar-refractivity contribution is 0.306. The van der Waals surface area contributed by atoms with Crippen LogP contribution in [0.15, 0.2) is 29.2 Å². The van der Waals surface area contributed by atoms with E-state index in [0.717, 1.165) is 37.2 Å². The molecule has 1 aliphatic carbocycles. The van der Waals surface area contributed by atoms with Gasteiger partial charge in [0.05, 0.1) is 4.90 Å². The van der Waals surface area contributed by atoms with Gasteiger partial charge in [-0.15, -0.1) is 0 Å². The maximum Gasteiger partial charge on any atom is 0.240 e. The number of nitrogens with one attached hydrogen (secondary N) is 1. The summed E-state index contributed by atoms with van der Waals surface area (Å²) >= 11 is 0. The normalized spacial score (nSPS) is 23.4. The predicted molar refractivity (Wildman–Crippen MR) is 86.9 cm³/mol. The fourth-order valence-electron chi connectivity index (χ4n) is 3.01. The van der Waals surface area contributed by atoms with E-state index in [-0.39, 0.29) is 6.04 Å². The van der Waals surface area contributed by atoms with Crippen molar-refractivity contribution in [3.8, 4) is 0 Å². The molecule has 0 heterocycles. The van der Waals surface area contributed by atoms with Crippen LogP contribution in [0, 0.1) is 5.92 Å². The van der Waals surface area contributed by atoms with Gasteiger partial charge < -0.3 is 0 Å². The van der Waals surface area contributed by atoms with Crippen LogP contribution in [0.1, 0.15) is 64.4 Å². The van der Waals surface area contributed by atoms with Crippen molar-refractivity contribution < 1.29 is 8.42 Å². The Morgan fingerprint density at radius 3 is 2.14 bits per heavy atom. The molecule has 1 aromatic rings. The van der Waals surface area contributed by atoms with E-state index < -0.39 is 10.0 Å². The summed E-state index contributed by atoms with van der Waals surface area (Å²) in [6.45, 7) is 6.42. The fourth-order valence-corrected chi connectivity index (χ4v) is 4.31. The summed E-state index contributed by atoms with van der Waals surface area (Å²) in [6, 6.07) is 7.35. The van der Waals surface area contributed by atoms with Crippen molar-refractivity contribution in [2.24, 2.45) is 5.92 Å². The van der Waals surface area contributed by atoms with Crippen LogP contribution < -0.4 is 4.72 Å². The van der Waals surface area contributed by atoms with E-state index in [1.165, 1.54) is 6.42 Å². The Morgan fingerprint density at radius 2 is 1.67 bits per heavy atom. The van der Waals surface area contributed by atoms with Gasteiger partial charge in [0.25, 0.3) is 0 Å². The molecule has 1 aliphatic rings. The molecular weight excluding hydrogens is 282 g/mol. The zero-order valence-corrected chi connectivity index (χ0v) is 14.1. The third kappa shape index (κ3) is 4.30. The molecule has 1 saturated carbocycles. The van der Waals surface area contributed by atoms with Gasteiger partial charge in [-0.25, -0.2) is 13.1 Å². The van der Waals surface area contributed by atoms with Crippen LogP contribution in [0.3, 0.4) is 0 Å². The summed E-state index contributed by atoms with van der Waals surface area (Å²) in [6.07, 6.45) is 5.39. The lowest BCUT2D eigenvalue weighted by Crippen LogP contribution is -2.37. The molecule has 0 bridgehead atoms. The van der Waals surface area contributed by atoms with Crippen molar-refractivity contribution in [1.82, 2.24) is 4.72 Å². The Hall–Kier alpha value is -0.870. The van der Waals surface area contributed by atoms with E-state index in [0.29, 0.717) is 10.8 Å². The van der Waals surface area contributed by atoms with Gasteiger partial charge in [-0.2, -0.15) is 0 Å². The van der Waals surface area contributed by atoms with Crippen molar-refractivity contribution in [2.45, 2.75) is 69.7 Å². The van der Waals surface area contributed by atoms with E-state index in [9.17, 15) is 8.42 Å². The molecular formula is C17H27NO2S. The molecule has 0 atom stereocenters. The first-order chi connectivity index (χ1) is 9.92. The standard InChI is InChI=1S/C17H27NO2S/c1-4-14-5-9-16(10-6-14)18-21(19,20)17-11-7-15(8-12-17)13(2)3/h7-8,11-14,16,18H,4-6,9-10H2,1-3H3. The Kier molecular flexibility index (Phi) is 5.44. The van der Waals surface area contributed by atoms with Gasteiger partial charge in [-0.1, -0.05) is 39.3 Å². The van der Waals surface area contributed by atoms with E-state index >= 15 is 0 Å². The van der Waals surface area contributed by atoms with Crippen LogP contribution in [0.2, 0.25) is 0 Å². The molecule has 0 amide bonds. The molecule has 0 saturated heterocycles. The van der Waals surface area contributed by atoms with Crippen LogP contribution in [0.5, 0.6) is 0 Å². The molecule has 1 aromatic carbocycles. The average Bonchev–Trinajstić information content (AvgIpc) is 2.48. The molecule has 0 unspecified atom stereocenters. The lowest BCUT2D eigenvalue weighted by atomic mass is 9.85. The summed E-state index contributed by atoms with van der Waals surface area (Å²) < 4.78 is 27.7. The minimum absolute atomic E-state index is 0.0996. The van der Waals surface area contributed by atoms with Gasteiger partial charge >= 0.3 is 0 Å². The van der Waals surface area contributed by atoms with Crippen molar-refractivity contribution in [3.05, 3.63) is 29.8 Å². The van der Waals surface area contributed by atoms with Crippen molar-refractivity contribution in [3.63, 3.8) is 0 Å². The van der Waals surface area contributed by atoms with E-state index in [4.69, 9.17) is 0 Å². The molecule has 2 rings (SSSR count). The van der Waals surface area contributed by atoms with Gasteiger partial charge in [-0.3, -0.25) is 0 Å². The summed E-state index contributed by atoms with van der Waals surface area (Å²) in [5.74, 6) is 1.19. The topological polar surface area (TPSA) is 46.2 Å². The zero-order valence-electron chi connectivity index (χ0n) is 13.3. The van der Waals surface area contributed by atoms with Crippen molar-refractivity contribution >= 4 is 10.0 Å². The van der Waals surface area contributed by atoms with Crippen LogP contribution >= 0.6 is 0 Å². The molecule has 21 heavy (non-hydrogen) atoms. The molecule has 4 heteroatoms. The maximum atomic E-state index is 12.4. The van der Waals surface area contributed by atoms with Crippen LogP contribution in [-0.2, 0) is 10.0 Å². The summed E-state index contributed by atoms with van der Waals surface area (Å²) in [5.41, 5.74) is 1.16. The Morgan fingerprint density at radius 1 is 1.10 bits per heavy atom. The summed E-state index contributed by atoms with van der Waals surface area (Å²) in [5, 5.41) is 0. The van der Waals surface area contributed by atoms with Crippen LogP contribution in [0.4, 0.5) is 0 Å². The minimum atomic E-state index is -3.38. The monoisotopic (exact) mass is 309 g/mol. The van der Waals surface area contributed by atoms with E-state index in [2.05, 4.69) is 25.5 Å². The number of benzene rings is 1. The number of hydrogen-bond acceptors (Lipinski definition) is 2. The highest BCUT2D eigenvalue weighted by Crippen LogP contribution is 2.27. The Labute approximate surface area is 129 Å². The predicted octanol–water partition coefficient (Wildman–Crippen LogP) is 4.06. The first-order valence-electron chi connectivity index (χ1n) is 8.04. The Balaban J connectivity index is 2.01. The smallest absolute Gasteiger partial charge is 0.208 e. The Bertz CT molecular complexity index is 541. The van der Waals surface area contributed by atoms with E-state index in [1.54, 1.807) is 12.1 Å². The molecule has 0 radical (unpaired) electrons. The van der Waals surface area contributed by atoms with Gasteiger partial charge in [0.1, 0.15) is 0 Å². The minimum Gasteiger partial charge on any atom is -0.208 e. The van der Waals surface area contributed by atoms with Gasteiger partial charge in [-0.05, 0) is 55.2 Å². The SMILES string of the molecule is CCC1CCC(NS(=O)(=O)c2ccc(C(C)C)cc2)CC1. The third-order valence-corrected chi connectivity index (χ3v) is 6.14. The molecule has 118 valence electrons. The maximum absolute atomic E-state index is 12.4. The highest BCUT2D eigenvalue weighted by Gasteiger charge is 2.25. The number of rotatable bonds is 5. The summed E-state index contributed by atoms with van der Waals surface area (Å²) in [7, 11) is -3.38. The van der Waals surface area contributed by atoms with Crippen molar-refractivity contribution in [2.75, 3.05) is 0 Å².